The molecule has 1 heterocycles. The highest BCUT2D eigenvalue weighted by Crippen LogP contribution is 2.11. The van der Waals surface area contributed by atoms with Crippen LogP contribution >= 0.6 is 11.8 Å². The van der Waals surface area contributed by atoms with Crippen molar-refractivity contribution in [3.63, 3.8) is 0 Å². The van der Waals surface area contributed by atoms with E-state index in [1.807, 2.05) is 11.8 Å². The molecule has 0 fully saturated rings. The van der Waals surface area contributed by atoms with Crippen molar-refractivity contribution in [1.29, 1.82) is 0 Å². The van der Waals surface area contributed by atoms with Gasteiger partial charge in [-0.1, -0.05) is 6.08 Å². The van der Waals surface area contributed by atoms with Crippen LogP contribution in [0.2, 0.25) is 0 Å². The highest BCUT2D eigenvalue weighted by atomic mass is 32.2. The second-order valence-electron chi connectivity index (χ2n) is 1.03. The Morgan fingerprint density at radius 3 is 2.29 bits per heavy atom. The minimum atomic E-state index is 1.28. The average molecular weight is 118 g/mol. The molecular formula is C4H10N2S. The first-order valence-electron chi connectivity index (χ1n) is 2.10. The third kappa shape index (κ3) is 3.85. The largest absolute Gasteiger partial charge is 0.274 e. The van der Waals surface area contributed by atoms with Crippen LogP contribution in [0.5, 0.6) is 0 Å². The Morgan fingerprint density at radius 1 is 1.43 bits per heavy atom. The zero-order valence-corrected chi connectivity index (χ0v) is 4.95. The van der Waals surface area contributed by atoms with Crippen LogP contribution in [-0.2, 0) is 0 Å². The normalized spacial score (nSPS) is 15.7. The minimum Gasteiger partial charge on any atom is -0.274 e. The molecule has 0 amide bonds. The lowest BCUT2D eigenvalue weighted by Gasteiger charge is -1.69. The van der Waals surface area contributed by atoms with E-state index in [2.05, 4.69) is 23.2 Å². The highest BCUT2D eigenvalue weighted by Gasteiger charge is 1.85. The molecule has 0 atom stereocenters. The second-order valence-corrected chi connectivity index (χ2v) is 2.04. The number of hydrazine groups is 1. The van der Waals surface area contributed by atoms with Crippen molar-refractivity contribution in [1.82, 2.24) is 0 Å². The molecule has 42 valence electrons. The number of hydrogen-bond donors (Lipinski definition) is 2. The molecule has 0 saturated heterocycles. The number of rotatable bonds is 0. The predicted octanol–water partition coefficient (Wildman–Crippen LogP) is 0.456. The molecule has 0 aromatic heterocycles. The summed E-state index contributed by atoms with van der Waals surface area (Å²) in [6.07, 6.45) is 3.48. The second kappa shape index (κ2) is 6.01. The summed E-state index contributed by atoms with van der Waals surface area (Å²) in [6.45, 7) is 0. The average Bonchev–Trinajstić information content (AvgIpc) is 2.23. The monoisotopic (exact) mass is 118 g/mol. The Bertz CT molecular complexity index is 47.7. The molecule has 0 aliphatic carbocycles. The molecule has 1 rings (SSSR count). The van der Waals surface area contributed by atoms with Crippen molar-refractivity contribution in [2.24, 2.45) is 11.7 Å². The number of thioether (sulfide) groups is 1. The van der Waals surface area contributed by atoms with Crippen molar-refractivity contribution >= 4 is 11.8 Å². The van der Waals surface area contributed by atoms with Gasteiger partial charge in [0, 0.05) is 5.75 Å². The molecule has 2 nitrogen and oxygen atoms in total. The van der Waals surface area contributed by atoms with E-state index in [0.29, 0.717) is 0 Å². The van der Waals surface area contributed by atoms with Crippen molar-refractivity contribution in [2.75, 3.05) is 5.75 Å². The summed E-state index contributed by atoms with van der Waals surface area (Å²) in [7, 11) is 0. The van der Waals surface area contributed by atoms with Gasteiger partial charge >= 0.3 is 0 Å². The molecule has 0 aromatic rings. The summed E-state index contributed by atoms with van der Waals surface area (Å²) in [5.41, 5.74) is 0. The van der Waals surface area contributed by atoms with Gasteiger partial charge in [0.2, 0.25) is 0 Å². The Labute approximate surface area is 47.9 Å². The van der Waals surface area contributed by atoms with E-state index < -0.39 is 0 Å². The van der Waals surface area contributed by atoms with Crippen molar-refractivity contribution in [3.05, 3.63) is 11.5 Å². The van der Waals surface area contributed by atoms with Gasteiger partial charge in [0.15, 0.2) is 0 Å². The van der Waals surface area contributed by atoms with Gasteiger partial charge in [-0.15, -0.1) is 11.8 Å². The van der Waals surface area contributed by atoms with Gasteiger partial charge in [-0.3, -0.25) is 11.7 Å². The molecule has 4 N–H and O–H groups in total. The Kier molecular flexibility index (Phi) is 6.02. The molecule has 7 heavy (non-hydrogen) atoms. The van der Waals surface area contributed by atoms with E-state index in [1.165, 1.54) is 12.2 Å². The molecule has 0 unspecified atom stereocenters. The zero-order valence-electron chi connectivity index (χ0n) is 4.13. The van der Waals surface area contributed by atoms with Gasteiger partial charge < -0.3 is 0 Å². The maximum Gasteiger partial charge on any atom is 0.000884 e. The fourth-order valence-electron chi connectivity index (χ4n) is 0.340. The summed E-state index contributed by atoms with van der Waals surface area (Å²) in [4.78, 5) is 0. The first kappa shape index (κ1) is 7.01. The molecular weight excluding hydrogens is 108 g/mol. The SMILES string of the molecule is C1=CSCC1.NN. The molecule has 3 heteroatoms. The van der Waals surface area contributed by atoms with Crippen LogP contribution in [0.1, 0.15) is 6.42 Å². The molecule has 0 bridgehead atoms. The van der Waals surface area contributed by atoms with Crippen LogP contribution in [0.4, 0.5) is 0 Å². The van der Waals surface area contributed by atoms with E-state index in [9.17, 15) is 0 Å². The lowest BCUT2D eigenvalue weighted by atomic mass is 10.5. The lowest BCUT2D eigenvalue weighted by molar-refractivity contribution is 1.26. The molecule has 1 aliphatic heterocycles. The van der Waals surface area contributed by atoms with Gasteiger partial charge in [0.05, 0.1) is 0 Å². The Balaban J connectivity index is 0.000000162. The molecule has 0 spiro atoms. The quantitative estimate of drug-likeness (QED) is 0.359. The van der Waals surface area contributed by atoms with Crippen LogP contribution in [0.15, 0.2) is 11.5 Å². The maximum atomic E-state index is 4.00. The topological polar surface area (TPSA) is 52.0 Å². The van der Waals surface area contributed by atoms with E-state index >= 15 is 0 Å². The van der Waals surface area contributed by atoms with Crippen LogP contribution in [0.25, 0.3) is 0 Å². The molecule has 1 aliphatic rings. The van der Waals surface area contributed by atoms with Crippen LogP contribution < -0.4 is 11.7 Å². The van der Waals surface area contributed by atoms with E-state index in [0.717, 1.165) is 0 Å². The smallest absolute Gasteiger partial charge is 0.000884 e. The number of allylic oxidation sites excluding steroid dienone is 1. The van der Waals surface area contributed by atoms with E-state index in [1.54, 1.807) is 0 Å². The Morgan fingerprint density at radius 2 is 2.14 bits per heavy atom. The van der Waals surface area contributed by atoms with E-state index in [-0.39, 0.29) is 0 Å². The van der Waals surface area contributed by atoms with Gasteiger partial charge in [-0.25, -0.2) is 0 Å². The molecule has 0 saturated carbocycles. The third-order valence-electron chi connectivity index (χ3n) is 0.595. The van der Waals surface area contributed by atoms with Gasteiger partial charge in [0.25, 0.3) is 0 Å². The van der Waals surface area contributed by atoms with Gasteiger partial charge in [-0.05, 0) is 11.8 Å². The first-order valence-corrected chi connectivity index (χ1v) is 3.15. The van der Waals surface area contributed by atoms with Crippen molar-refractivity contribution in [3.8, 4) is 0 Å². The third-order valence-corrected chi connectivity index (χ3v) is 1.45. The van der Waals surface area contributed by atoms with Gasteiger partial charge in [0.1, 0.15) is 0 Å². The van der Waals surface area contributed by atoms with Gasteiger partial charge in [-0.2, -0.15) is 0 Å². The number of nitrogens with two attached hydrogens (primary N) is 2. The van der Waals surface area contributed by atoms with Crippen LogP contribution in [0, 0.1) is 0 Å². The Hall–Kier alpha value is 0.01000. The first-order chi connectivity index (χ1) is 3.50. The van der Waals surface area contributed by atoms with Crippen LogP contribution in [-0.4, -0.2) is 5.75 Å². The zero-order chi connectivity index (χ0) is 5.54. The number of hydrogen-bond acceptors (Lipinski definition) is 3. The highest BCUT2D eigenvalue weighted by molar-refractivity contribution is 8.02. The van der Waals surface area contributed by atoms with Crippen molar-refractivity contribution < 1.29 is 0 Å². The minimum absolute atomic E-state index is 1.28. The van der Waals surface area contributed by atoms with E-state index in [4.69, 9.17) is 0 Å². The summed E-state index contributed by atoms with van der Waals surface area (Å²) >= 11 is 1.89. The maximum absolute atomic E-state index is 4.00. The summed E-state index contributed by atoms with van der Waals surface area (Å²) < 4.78 is 0. The summed E-state index contributed by atoms with van der Waals surface area (Å²) in [6, 6.07) is 0. The summed E-state index contributed by atoms with van der Waals surface area (Å²) in [5.74, 6) is 9.31. The van der Waals surface area contributed by atoms with Crippen molar-refractivity contribution in [2.45, 2.75) is 6.42 Å². The standard InChI is InChI=1S/C4H6S.H4N2/c1-2-4-5-3-1;1-2/h1,3H,2,4H2;1-2H2. The predicted molar refractivity (Wildman–Crippen MR) is 34.6 cm³/mol. The molecule has 0 radical (unpaired) electrons. The van der Waals surface area contributed by atoms with Crippen LogP contribution in [0.3, 0.4) is 0 Å². The lowest BCUT2D eigenvalue weighted by Crippen LogP contribution is -2.02. The molecule has 0 aromatic carbocycles. The summed E-state index contributed by atoms with van der Waals surface area (Å²) in [5, 5.41) is 2.15. The fraction of sp³-hybridized carbons (Fsp3) is 0.500. The fourth-order valence-corrected chi connectivity index (χ4v) is 1.02.